The van der Waals surface area contributed by atoms with Gasteiger partial charge in [0.1, 0.15) is 5.75 Å². The fourth-order valence-corrected chi connectivity index (χ4v) is 3.07. The van der Waals surface area contributed by atoms with Crippen LogP contribution in [0.5, 0.6) is 5.75 Å². The number of ether oxygens (including phenoxy) is 1. The summed E-state index contributed by atoms with van der Waals surface area (Å²) < 4.78 is 5.48. The minimum Gasteiger partial charge on any atom is -0.496 e. The van der Waals surface area contributed by atoms with E-state index in [0.29, 0.717) is 0 Å². The predicted octanol–water partition coefficient (Wildman–Crippen LogP) is 3.50. The van der Waals surface area contributed by atoms with Crippen LogP contribution < -0.4 is 15.4 Å². The van der Waals surface area contributed by atoms with Gasteiger partial charge in [-0.15, -0.1) is 0 Å². The van der Waals surface area contributed by atoms with Crippen molar-refractivity contribution in [1.82, 2.24) is 0 Å². The molecule has 2 aromatic rings. The molecule has 1 atom stereocenters. The van der Waals surface area contributed by atoms with E-state index >= 15 is 0 Å². The molecule has 2 N–H and O–H groups in total. The summed E-state index contributed by atoms with van der Waals surface area (Å²) in [6, 6.07) is 16.9. The second-order valence-corrected chi connectivity index (χ2v) is 5.54. The highest BCUT2D eigenvalue weighted by Crippen LogP contribution is 2.33. The number of rotatable bonds is 3. The molecule has 0 bridgehead atoms. The van der Waals surface area contributed by atoms with E-state index in [0.717, 1.165) is 31.7 Å². The third-order valence-electron chi connectivity index (χ3n) is 4.17. The molecule has 1 unspecified atom stereocenters. The Labute approximate surface area is 126 Å². The van der Waals surface area contributed by atoms with Gasteiger partial charge in [-0.2, -0.15) is 0 Å². The summed E-state index contributed by atoms with van der Waals surface area (Å²) in [6.45, 7) is 1.89. The van der Waals surface area contributed by atoms with Crippen LogP contribution >= 0.6 is 0 Å². The van der Waals surface area contributed by atoms with Gasteiger partial charge in [0.15, 0.2) is 0 Å². The lowest BCUT2D eigenvalue weighted by atomic mass is 10.0. The molecular formula is C18H22N2O. The second-order valence-electron chi connectivity index (χ2n) is 5.54. The van der Waals surface area contributed by atoms with Crippen LogP contribution in [0.15, 0.2) is 48.5 Å². The Morgan fingerprint density at radius 2 is 1.90 bits per heavy atom. The molecule has 0 saturated heterocycles. The first-order valence-electron chi connectivity index (χ1n) is 7.51. The fourth-order valence-electron chi connectivity index (χ4n) is 3.07. The molecule has 2 aromatic carbocycles. The molecule has 1 aliphatic rings. The summed E-state index contributed by atoms with van der Waals surface area (Å²) in [5.74, 6) is 0.948. The van der Waals surface area contributed by atoms with Gasteiger partial charge < -0.3 is 15.4 Å². The number of nitrogens with two attached hydrogens (primary N) is 1. The van der Waals surface area contributed by atoms with Gasteiger partial charge in [0.25, 0.3) is 0 Å². The summed E-state index contributed by atoms with van der Waals surface area (Å²) in [7, 11) is 1.73. The lowest BCUT2D eigenvalue weighted by molar-refractivity contribution is 0.409. The van der Waals surface area contributed by atoms with E-state index in [4.69, 9.17) is 10.5 Å². The molecule has 0 saturated carbocycles. The van der Waals surface area contributed by atoms with Crippen LogP contribution in [0.3, 0.4) is 0 Å². The third-order valence-corrected chi connectivity index (χ3v) is 4.17. The molecular weight excluding hydrogens is 260 g/mol. The normalized spacial score (nSPS) is 18.0. The first-order valence-corrected chi connectivity index (χ1v) is 7.51. The maximum atomic E-state index is 6.31. The standard InChI is InChI=1S/C18H22N2O/c1-21-18-11-5-2-7-14(18)13-20-12-6-9-16(19)15-8-3-4-10-17(15)20/h2-5,7-8,10-11,16H,6,9,12-13,19H2,1H3. The van der Waals surface area contributed by atoms with Crippen LogP contribution in [0.25, 0.3) is 0 Å². The quantitative estimate of drug-likeness (QED) is 0.936. The molecule has 3 heteroatoms. The third kappa shape index (κ3) is 2.88. The smallest absolute Gasteiger partial charge is 0.123 e. The average Bonchev–Trinajstić information content (AvgIpc) is 2.68. The number of para-hydroxylation sites is 2. The molecule has 21 heavy (non-hydrogen) atoms. The monoisotopic (exact) mass is 282 g/mol. The van der Waals surface area contributed by atoms with E-state index < -0.39 is 0 Å². The highest BCUT2D eigenvalue weighted by Gasteiger charge is 2.20. The van der Waals surface area contributed by atoms with E-state index in [-0.39, 0.29) is 6.04 Å². The number of benzene rings is 2. The van der Waals surface area contributed by atoms with Crippen molar-refractivity contribution in [2.24, 2.45) is 5.73 Å². The number of hydrogen-bond acceptors (Lipinski definition) is 3. The highest BCUT2D eigenvalue weighted by molar-refractivity contribution is 5.56. The number of nitrogens with zero attached hydrogens (tertiary/aromatic N) is 1. The maximum Gasteiger partial charge on any atom is 0.123 e. The van der Waals surface area contributed by atoms with Gasteiger partial charge >= 0.3 is 0 Å². The Morgan fingerprint density at radius 1 is 1.14 bits per heavy atom. The molecule has 1 aliphatic heterocycles. The number of fused-ring (bicyclic) bond motifs is 1. The number of methoxy groups -OCH3 is 1. The molecule has 3 rings (SSSR count). The Hall–Kier alpha value is -2.00. The fraction of sp³-hybridized carbons (Fsp3) is 0.333. The van der Waals surface area contributed by atoms with Gasteiger partial charge in [0.2, 0.25) is 0 Å². The van der Waals surface area contributed by atoms with Crippen molar-refractivity contribution in [1.29, 1.82) is 0 Å². The molecule has 0 amide bonds. The topological polar surface area (TPSA) is 38.5 Å². The minimum atomic E-state index is 0.142. The van der Waals surface area contributed by atoms with Crippen LogP contribution in [-0.2, 0) is 6.54 Å². The average molecular weight is 282 g/mol. The minimum absolute atomic E-state index is 0.142. The molecule has 1 heterocycles. The maximum absolute atomic E-state index is 6.31. The van der Waals surface area contributed by atoms with E-state index in [2.05, 4.69) is 41.3 Å². The van der Waals surface area contributed by atoms with E-state index in [9.17, 15) is 0 Å². The zero-order valence-electron chi connectivity index (χ0n) is 12.5. The van der Waals surface area contributed by atoms with Gasteiger partial charge in [-0.05, 0) is 30.5 Å². The molecule has 0 aromatic heterocycles. The van der Waals surface area contributed by atoms with Crippen LogP contribution in [0.1, 0.15) is 30.0 Å². The molecule has 0 aliphatic carbocycles. The molecule has 0 spiro atoms. The van der Waals surface area contributed by atoms with Gasteiger partial charge in [-0.25, -0.2) is 0 Å². The van der Waals surface area contributed by atoms with Crippen molar-refractivity contribution in [2.75, 3.05) is 18.6 Å². The van der Waals surface area contributed by atoms with Crippen LogP contribution in [0.2, 0.25) is 0 Å². The van der Waals surface area contributed by atoms with E-state index in [1.165, 1.54) is 16.8 Å². The Balaban J connectivity index is 1.93. The second kappa shape index (κ2) is 6.19. The van der Waals surface area contributed by atoms with Crippen molar-refractivity contribution >= 4 is 5.69 Å². The van der Waals surface area contributed by atoms with E-state index in [1.54, 1.807) is 7.11 Å². The van der Waals surface area contributed by atoms with Crippen LogP contribution in [-0.4, -0.2) is 13.7 Å². The van der Waals surface area contributed by atoms with Crippen molar-refractivity contribution in [3.63, 3.8) is 0 Å². The summed E-state index contributed by atoms with van der Waals surface area (Å²) in [4.78, 5) is 2.42. The van der Waals surface area contributed by atoms with E-state index in [1.807, 2.05) is 12.1 Å². The largest absolute Gasteiger partial charge is 0.496 e. The molecule has 0 fully saturated rings. The predicted molar refractivity (Wildman–Crippen MR) is 86.6 cm³/mol. The summed E-state index contributed by atoms with van der Waals surface area (Å²) in [6.07, 6.45) is 2.16. The zero-order valence-corrected chi connectivity index (χ0v) is 12.5. The lowest BCUT2D eigenvalue weighted by Gasteiger charge is -2.26. The molecule has 0 radical (unpaired) electrons. The van der Waals surface area contributed by atoms with Crippen molar-refractivity contribution in [2.45, 2.75) is 25.4 Å². The van der Waals surface area contributed by atoms with Gasteiger partial charge in [-0.3, -0.25) is 0 Å². The Kier molecular flexibility index (Phi) is 4.11. The molecule has 110 valence electrons. The van der Waals surface area contributed by atoms with Gasteiger partial charge in [0, 0.05) is 30.4 Å². The van der Waals surface area contributed by atoms with Gasteiger partial charge in [0.05, 0.1) is 7.11 Å². The van der Waals surface area contributed by atoms with Crippen LogP contribution in [0, 0.1) is 0 Å². The van der Waals surface area contributed by atoms with Crippen molar-refractivity contribution in [3.8, 4) is 5.75 Å². The SMILES string of the molecule is COc1ccccc1CN1CCCC(N)c2ccccc21. The van der Waals surface area contributed by atoms with Crippen molar-refractivity contribution < 1.29 is 4.74 Å². The Morgan fingerprint density at radius 3 is 2.76 bits per heavy atom. The highest BCUT2D eigenvalue weighted by atomic mass is 16.5. The van der Waals surface area contributed by atoms with Crippen LogP contribution in [0.4, 0.5) is 5.69 Å². The Bertz CT molecular complexity index is 612. The summed E-state index contributed by atoms with van der Waals surface area (Å²) in [5.41, 5.74) is 10.0. The van der Waals surface area contributed by atoms with Crippen molar-refractivity contribution in [3.05, 3.63) is 59.7 Å². The summed E-state index contributed by atoms with van der Waals surface area (Å²) in [5, 5.41) is 0. The first kappa shape index (κ1) is 14.0. The number of hydrogen-bond donors (Lipinski definition) is 1. The molecule has 3 nitrogen and oxygen atoms in total. The van der Waals surface area contributed by atoms with Gasteiger partial charge in [-0.1, -0.05) is 36.4 Å². The first-order chi connectivity index (χ1) is 10.3. The summed E-state index contributed by atoms with van der Waals surface area (Å²) >= 11 is 0. The number of anilines is 1. The zero-order chi connectivity index (χ0) is 14.7. The lowest BCUT2D eigenvalue weighted by Crippen LogP contribution is -2.23.